The molecule has 0 fully saturated rings. The van der Waals surface area contributed by atoms with Gasteiger partial charge in [0.25, 0.3) is 0 Å². The van der Waals surface area contributed by atoms with E-state index in [4.69, 9.17) is 11.6 Å². The van der Waals surface area contributed by atoms with Crippen molar-refractivity contribution in [3.8, 4) is 0 Å². The standard InChI is InChI=1S/C27H27ClF2N2O2/c1-2-15-31-27(34)25(16-19-7-4-3-5-8-19)32(18-20-11-13-21(29)14-12-20)26(33)17-22-23(28)9-6-10-24(22)30/h3-14,25H,2,15-18H2,1H3,(H,31,34)/t25-/m0/s1. The highest BCUT2D eigenvalue weighted by Crippen LogP contribution is 2.22. The van der Waals surface area contributed by atoms with E-state index in [2.05, 4.69) is 5.32 Å². The first-order chi connectivity index (χ1) is 16.4. The van der Waals surface area contributed by atoms with Gasteiger partial charge in [-0.25, -0.2) is 8.78 Å². The van der Waals surface area contributed by atoms with Crippen LogP contribution in [-0.4, -0.2) is 29.3 Å². The number of benzene rings is 3. The van der Waals surface area contributed by atoms with E-state index in [1.165, 1.54) is 35.2 Å². The Morgan fingerprint density at radius 3 is 2.29 bits per heavy atom. The van der Waals surface area contributed by atoms with Crippen molar-refractivity contribution in [2.24, 2.45) is 0 Å². The minimum Gasteiger partial charge on any atom is -0.354 e. The molecule has 1 atom stereocenters. The molecule has 0 spiro atoms. The summed E-state index contributed by atoms with van der Waals surface area (Å²) in [5.41, 5.74) is 1.60. The summed E-state index contributed by atoms with van der Waals surface area (Å²) in [5, 5.41) is 3.02. The number of carbonyl (C=O) groups is 2. The number of nitrogens with one attached hydrogen (secondary N) is 1. The summed E-state index contributed by atoms with van der Waals surface area (Å²) in [7, 11) is 0. The molecule has 178 valence electrons. The molecule has 4 nitrogen and oxygen atoms in total. The third kappa shape index (κ3) is 6.87. The zero-order valence-electron chi connectivity index (χ0n) is 18.9. The molecule has 2 amide bonds. The lowest BCUT2D eigenvalue weighted by molar-refractivity contribution is -0.140. The van der Waals surface area contributed by atoms with Crippen LogP contribution in [0, 0.1) is 11.6 Å². The van der Waals surface area contributed by atoms with E-state index in [9.17, 15) is 18.4 Å². The zero-order chi connectivity index (χ0) is 24.5. The predicted octanol–water partition coefficient (Wildman–Crippen LogP) is 5.33. The van der Waals surface area contributed by atoms with Crippen molar-refractivity contribution in [3.05, 3.63) is 106 Å². The topological polar surface area (TPSA) is 49.4 Å². The normalized spacial score (nSPS) is 11.6. The number of nitrogens with zero attached hydrogens (tertiary/aromatic N) is 1. The molecule has 0 aliphatic heterocycles. The second-order valence-electron chi connectivity index (χ2n) is 8.02. The van der Waals surface area contributed by atoms with Crippen molar-refractivity contribution in [1.29, 1.82) is 0 Å². The van der Waals surface area contributed by atoms with Crippen molar-refractivity contribution in [2.45, 2.75) is 38.8 Å². The summed E-state index contributed by atoms with van der Waals surface area (Å²) in [4.78, 5) is 28.2. The van der Waals surface area contributed by atoms with Crippen molar-refractivity contribution >= 4 is 23.4 Å². The number of rotatable bonds is 10. The van der Waals surface area contributed by atoms with E-state index in [0.29, 0.717) is 12.1 Å². The van der Waals surface area contributed by atoms with Crippen molar-refractivity contribution in [2.75, 3.05) is 6.54 Å². The third-order valence-electron chi connectivity index (χ3n) is 5.48. The molecular weight excluding hydrogens is 458 g/mol. The first-order valence-electron chi connectivity index (χ1n) is 11.2. The molecule has 0 bridgehead atoms. The molecule has 0 heterocycles. The average molecular weight is 485 g/mol. The Kier molecular flexibility index (Phi) is 9.16. The maximum atomic E-state index is 14.4. The van der Waals surface area contributed by atoms with Gasteiger partial charge in [0.2, 0.25) is 11.8 Å². The third-order valence-corrected chi connectivity index (χ3v) is 5.83. The van der Waals surface area contributed by atoms with Crippen LogP contribution in [0.1, 0.15) is 30.0 Å². The van der Waals surface area contributed by atoms with Gasteiger partial charge in [-0.1, -0.05) is 67.1 Å². The quantitative estimate of drug-likeness (QED) is 0.423. The number of halogens is 3. The van der Waals surface area contributed by atoms with Crippen LogP contribution in [0.5, 0.6) is 0 Å². The smallest absolute Gasteiger partial charge is 0.243 e. The molecule has 34 heavy (non-hydrogen) atoms. The number of carbonyl (C=O) groups excluding carboxylic acids is 2. The monoisotopic (exact) mass is 484 g/mol. The van der Waals surface area contributed by atoms with Gasteiger partial charge >= 0.3 is 0 Å². The van der Waals surface area contributed by atoms with E-state index >= 15 is 0 Å². The van der Waals surface area contributed by atoms with Crippen LogP contribution in [0.25, 0.3) is 0 Å². The van der Waals surface area contributed by atoms with Crippen molar-refractivity contribution < 1.29 is 18.4 Å². The molecule has 0 saturated carbocycles. The molecule has 0 aromatic heterocycles. The van der Waals surface area contributed by atoms with E-state index in [1.807, 2.05) is 37.3 Å². The summed E-state index contributed by atoms with van der Waals surface area (Å²) in [6.45, 7) is 2.46. The van der Waals surface area contributed by atoms with Gasteiger partial charge < -0.3 is 10.2 Å². The summed E-state index contributed by atoms with van der Waals surface area (Å²) >= 11 is 6.16. The minimum atomic E-state index is -0.850. The van der Waals surface area contributed by atoms with Crippen LogP contribution in [0.2, 0.25) is 5.02 Å². The largest absolute Gasteiger partial charge is 0.354 e. The van der Waals surface area contributed by atoms with Crippen LogP contribution in [0.3, 0.4) is 0 Å². The molecule has 3 aromatic rings. The molecule has 0 unspecified atom stereocenters. The summed E-state index contributed by atoms with van der Waals surface area (Å²) < 4.78 is 27.9. The van der Waals surface area contributed by atoms with E-state index in [-0.39, 0.29) is 35.9 Å². The molecular formula is C27H27ClF2N2O2. The number of hydrogen-bond acceptors (Lipinski definition) is 2. The first kappa shape index (κ1) is 25.4. The average Bonchev–Trinajstić information content (AvgIpc) is 2.84. The second kappa shape index (κ2) is 12.3. The van der Waals surface area contributed by atoms with Gasteiger partial charge in [0.1, 0.15) is 17.7 Å². The maximum Gasteiger partial charge on any atom is 0.243 e. The van der Waals surface area contributed by atoms with Crippen molar-refractivity contribution in [1.82, 2.24) is 10.2 Å². The highest BCUT2D eigenvalue weighted by molar-refractivity contribution is 6.31. The highest BCUT2D eigenvalue weighted by Gasteiger charge is 2.31. The van der Waals surface area contributed by atoms with Crippen LogP contribution in [0.4, 0.5) is 8.78 Å². The van der Waals surface area contributed by atoms with Gasteiger partial charge in [-0.05, 0) is 41.8 Å². The van der Waals surface area contributed by atoms with Gasteiger partial charge in [0, 0.05) is 30.1 Å². The van der Waals surface area contributed by atoms with Crippen LogP contribution in [0.15, 0.2) is 72.8 Å². The Hall–Kier alpha value is -3.25. The van der Waals surface area contributed by atoms with E-state index < -0.39 is 23.6 Å². The minimum absolute atomic E-state index is 0.0578. The Bertz CT molecular complexity index is 1090. The summed E-state index contributed by atoms with van der Waals surface area (Å²) in [6, 6.07) is 18.5. The van der Waals surface area contributed by atoms with Gasteiger partial charge in [-0.15, -0.1) is 0 Å². The Balaban J connectivity index is 1.98. The molecule has 0 aliphatic rings. The lowest BCUT2D eigenvalue weighted by Gasteiger charge is -2.32. The highest BCUT2D eigenvalue weighted by atomic mass is 35.5. The fourth-order valence-electron chi connectivity index (χ4n) is 3.66. The zero-order valence-corrected chi connectivity index (χ0v) is 19.7. The Morgan fingerprint density at radius 2 is 1.65 bits per heavy atom. The molecule has 1 N–H and O–H groups in total. The molecule has 3 aromatic carbocycles. The summed E-state index contributed by atoms with van der Waals surface area (Å²) in [6.07, 6.45) is 0.702. The fourth-order valence-corrected chi connectivity index (χ4v) is 3.89. The lowest BCUT2D eigenvalue weighted by Crippen LogP contribution is -2.51. The van der Waals surface area contributed by atoms with E-state index in [1.54, 1.807) is 12.1 Å². The molecule has 0 saturated heterocycles. The first-order valence-corrected chi connectivity index (χ1v) is 11.5. The van der Waals surface area contributed by atoms with Gasteiger partial charge in [0.15, 0.2) is 0 Å². The van der Waals surface area contributed by atoms with Gasteiger partial charge in [-0.3, -0.25) is 9.59 Å². The molecule has 0 radical (unpaired) electrons. The van der Waals surface area contributed by atoms with Crippen LogP contribution >= 0.6 is 11.6 Å². The van der Waals surface area contributed by atoms with E-state index in [0.717, 1.165) is 12.0 Å². The molecule has 7 heteroatoms. The molecule has 0 aliphatic carbocycles. The lowest BCUT2D eigenvalue weighted by atomic mass is 10.0. The predicted molar refractivity (Wildman–Crippen MR) is 129 cm³/mol. The Morgan fingerprint density at radius 1 is 0.941 bits per heavy atom. The Labute approximate surface area is 203 Å². The maximum absolute atomic E-state index is 14.4. The van der Waals surface area contributed by atoms with Gasteiger partial charge in [0.05, 0.1) is 6.42 Å². The summed E-state index contributed by atoms with van der Waals surface area (Å²) in [5.74, 6) is -1.75. The second-order valence-corrected chi connectivity index (χ2v) is 8.43. The van der Waals surface area contributed by atoms with Crippen LogP contribution in [-0.2, 0) is 29.0 Å². The van der Waals surface area contributed by atoms with Crippen LogP contribution < -0.4 is 5.32 Å². The number of hydrogen-bond donors (Lipinski definition) is 1. The SMILES string of the molecule is CCCNC(=O)[C@H](Cc1ccccc1)N(Cc1ccc(F)cc1)C(=O)Cc1c(F)cccc1Cl. The number of amides is 2. The molecule has 3 rings (SSSR count). The fraction of sp³-hybridized carbons (Fsp3) is 0.259. The van der Waals surface area contributed by atoms with Gasteiger partial charge in [-0.2, -0.15) is 0 Å². The van der Waals surface area contributed by atoms with Crippen molar-refractivity contribution in [3.63, 3.8) is 0 Å².